The SMILES string of the molecule is CN=C(NCC(c1cccs1)N(C)C)N1CC2CCCCC2C1.I. The molecule has 0 aromatic carbocycles. The number of hydrogen-bond acceptors (Lipinski definition) is 3. The van der Waals surface area contributed by atoms with Crippen LogP contribution in [0.2, 0.25) is 0 Å². The molecule has 2 heterocycles. The van der Waals surface area contributed by atoms with Crippen LogP contribution in [0.5, 0.6) is 0 Å². The molecule has 0 bridgehead atoms. The van der Waals surface area contributed by atoms with E-state index in [4.69, 9.17) is 0 Å². The number of likely N-dealkylation sites (N-methyl/N-ethyl adjacent to an activating group) is 1. The second-order valence-corrected chi connectivity index (χ2v) is 8.11. The number of rotatable bonds is 4. The third kappa shape index (κ3) is 4.64. The van der Waals surface area contributed by atoms with Crippen LogP contribution in [0.15, 0.2) is 22.5 Å². The Labute approximate surface area is 167 Å². The van der Waals surface area contributed by atoms with Gasteiger partial charge in [-0.15, -0.1) is 35.3 Å². The van der Waals surface area contributed by atoms with Gasteiger partial charge in [0.1, 0.15) is 0 Å². The molecule has 2 aliphatic rings. The molecule has 3 rings (SSSR count). The lowest BCUT2D eigenvalue weighted by Crippen LogP contribution is -2.43. The molecule has 1 aromatic heterocycles. The lowest BCUT2D eigenvalue weighted by molar-refractivity contribution is 0.299. The Hall–Kier alpha value is -0.340. The molecule has 1 aromatic rings. The van der Waals surface area contributed by atoms with Crippen molar-refractivity contribution in [3.05, 3.63) is 22.4 Å². The van der Waals surface area contributed by atoms with E-state index in [-0.39, 0.29) is 24.0 Å². The number of halogens is 1. The molecule has 0 amide bonds. The fourth-order valence-electron chi connectivity index (χ4n) is 4.12. The van der Waals surface area contributed by atoms with Crippen molar-refractivity contribution in [3.8, 4) is 0 Å². The van der Waals surface area contributed by atoms with Crippen LogP contribution in [-0.4, -0.2) is 56.5 Å². The van der Waals surface area contributed by atoms with Gasteiger partial charge < -0.3 is 15.1 Å². The predicted molar refractivity (Wildman–Crippen MR) is 115 cm³/mol. The first-order valence-corrected chi connectivity index (χ1v) is 9.72. The third-order valence-electron chi connectivity index (χ3n) is 5.44. The Balaban J connectivity index is 0.00000208. The zero-order valence-corrected chi connectivity index (χ0v) is 18.2. The summed E-state index contributed by atoms with van der Waals surface area (Å²) in [6.07, 6.45) is 5.66. The van der Waals surface area contributed by atoms with Crippen molar-refractivity contribution in [2.75, 3.05) is 40.8 Å². The van der Waals surface area contributed by atoms with Gasteiger partial charge in [-0.1, -0.05) is 18.9 Å². The average molecular weight is 462 g/mol. The highest BCUT2D eigenvalue weighted by Gasteiger charge is 2.35. The molecule has 1 saturated heterocycles. The Morgan fingerprint density at radius 1 is 1.33 bits per heavy atom. The summed E-state index contributed by atoms with van der Waals surface area (Å²) in [5.74, 6) is 2.87. The molecule has 1 saturated carbocycles. The smallest absolute Gasteiger partial charge is 0.193 e. The van der Waals surface area contributed by atoms with Gasteiger partial charge >= 0.3 is 0 Å². The van der Waals surface area contributed by atoms with Gasteiger partial charge in [0.25, 0.3) is 0 Å². The molecule has 1 N–H and O–H groups in total. The normalized spacial score (nSPS) is 25.3. The molecular formula is C18H31IN4S. The average Bonchev–Trinajstić information content (AvgIpc) is 3.20. The molecule has 0 radical (unpaired) electrons. The van der Waals surface area contributed by atoms with E-state index >= 15 is 0 Å². The molecule has 6 heteroatoms. The van der Waals surface area contributed by atoms with E-state index in [2.05, 4.69) is 51.7 Å². The molecule has 136 valence electrons. The predicted octanol–water partition coefficient (Wildman–Crippen LogP) is 3.67. The topological polar surface area (TPSA) is 30.9 Å². The Morgan fingerprint density at radius 3 is 2.50 bits per heavy atom. The maximum atomic E-state index is 4.56. The summed E-state index contributed by atoms with van der Waals surface area (Å²) in [5.41, 5.74) is 0. The number of thiophene rings is 1. The van der Waals surface area contributed by atoms with E-state index in [0.29, 0.717) is 6.04 Å². The zero-order chi connectivity index (χ0) is 16.2. The lowest BCUT2D eigenvalue weighted by Gasteiger charge is -2.27. The van der Waals surface area contributed by atoms with Crippen LogP contribution in [0.1, 0.15) is 36.6 Å². The number of nitrogens with zero attached hydrogens (tertiary/aromatic N) is 3. The van der Waals surface area contributed by atoms with Gasteiger partial charge in [-0.05, 0) is 50.2 Å². The van der Waals surface area contributed by atoms with Crippen LogP contribution in [0.3, 0.4) is 0 Å². The number of fused-ring (bicyclic) bond motifs is 1. The molecule has 4 nitrogen and oxygen atoms in total. The first kappa shape index (κ1) is 20.0. The van der Waals surface area contributed by atoms with Gasteiger partial charge in [0.2, 0.25) is 0 Å². The van der Waals surface area contributed by atoms with Crippen LogP contribution < -0.4 is 5.32 Å². The summed E-state index contributed by atoms with van der Waals surface area (Å²) in [4.78, 5) is 10.7. The van der Waals surface area contributed by atoms with Gasteiger partial charge in [0.15, 0.2) is 5.96 Å². The first-order chi connectivity index (χ1) is 11.2. The Kier molecular flexibility index (Phi) is 7.81. The Bertz CT molecular complexity index is 503. The van der Waals surface area contributed by atoms with E-state index < -0.39 is 0 Å². The van der Waals surface area contributed by atoms with E-state index in [1.54, 1.807) is 0 Å². The highest BCUT2D eigenvalue weighted by Crippen LogP contribution is 2.36. The summed E-state index contributed by atoms with van der Waals surface area (Å²) in [6, 6.07) is 4.76. The van der Waals surface area contributed by atoms with Crippen molar-refractivity contribution in [3.63, 3.8) is 0 Å². The highest BCUT2D eigenvalue weighted by molar-refractivity contribution is 14.0. The number of guanidine groups is 1. The Morgan fingerprint density at radius 2 is 2.00 bits per heavy atom. The lowest BCUT2D eigenvalue weighted by atomic mass is 9.82. The number of hydrogen-bond donors (Lipinski definition) is 1. The monoisotopic (exact) mass is 462 g/mol. The second-order valence-electron chi connectivity index (χ2n) is 7.13. The fourth-order valence-corrected chi connectivity index (χ4v) is 5.04. The minimum atomic E-state index is 0. The van der Waals surface area contributed by atoms with Crippen LogP contribution in [0.4, 0.5) is 0 Å². The largest absolute Gasteiger partial charge is 0.354 e. The van der Waals surface area contributed by atoms with Gasteiger partial charge in [-0.25, -0.2) is 0 Å². The van der Waals surface area contributed by atoms with Crippen molar-refractivity contribution < 1.29 is 0 Å². The molecule has 3 atom stereocenters. The summed E-state index contributed by atoms with van der Waals surface area (Å²) >= 11 is 1.83. The highest BCUT2D eigenvalue weighted by atomic mass is 127. The molecule has 24 heavy (non-hydrogen) atoms. The quantitative estimate of drug-likeness (QED) is 0.421. The first-order valence-electron chi connectivity index (χ1n) is 8.84. The van der Waals surface area contributed by atoms with Gasteiger partial charge in [-0.3, -0.25) is 4.99 Å². The zero-order valence-electron chi connectivity index (χ0n) is 15.1. The maximum Gasteiger partial charge on any atom is 0.193 e. The van der Waals surface area contributed by atoms with Crippen molar-refractivity contribution >= 4 is 41.3 Å². The van der Waals surface area contributed by atoms with Crippen molar-refractivity contribution in [1.29, 1.82) is 0 Å². The van der Waals surface area contributed by atoms with Gasteiger partial charge in [-0.2, -0.15) is 0 Å². The summed E-state index contributed by atoms with van der Waals surface area (Å²) in [5, 5.41) is 5.79. The second kappa shape index (κ2) is 9.38. The molecule has 1 aliphatic carbocycles. The van der Waals surface area contributed by atoms with Crippen molar-refractivity contribution in [2.45, 2.75) is 31.7 Å². The molecule has 3 unspecified atom stereocenters. The van der Waals surface area contributed by atoms with Crippen LogP contribution >= 0.6 is 35.3 Å². The molecule has 0 spiro atoms. The van der Waals surface area contributed by atoms with E-state index in [1.165, 1.54) is 43.6 Å². The third-order valence-corrected chi connectivity index (χ3v) is 6.41. The van der Waals surface area contributed by atoms with Crippen LogP contribution in [0, 0.1) is 11.8 Å². The number of aliphatic imine (C=N–C) groups is 1. The maximum absolute atomic E-state index is 4.56. The number of nitrogens with one attached hydrogen (secondary N) is 1. The standard InChI is InChI=1S/C18H30N4S.HI/c1-19-18(22-12-14-7-4-5-8-15(14)13-22)20-11-16(21(2)3)17-9-6-10-23-17;/h6,9-10,14-16H,4-5,7-8,11-13H2,1-3H3,(H,19,20);1H. The van der Waals surface area contributed by atoms with Gasteiger partial charge in [0.05, 0.1) is 6.04 Å². The van der Waals surface area contributed by atoms with Gasteiger partial charge in [0, 0.05) is 31.6 Å². The minimum Gasteiger partial charge on any atom is -0.354 e. The van der Waals surface area contributed by atoms with Crippen molar-refractivity contribution in [2.24, 2.45) is 16.8 Å². The van der Waals surface area contributed by atoms with E-state index in [9.17, 15) is 0 Å². The molecule has 1 aliphatic heterocycles. The van der Waals surface area contributed by atoms with Crippen molar-refractivity contribution in [1.82, 2.24) is 15.1 Å². The number of likely N-dealkylation sites (tertiary alicyclic amines) is 1. The summed E-state index contributed by atoms with van der Waals surface area (Å²) in [6.45, 7) is 3.29. The fraction of sp³-hybridized carbons (Fsp3) is 0.722. The minimum absolute atomic E-state index is 0. The van der Waals surface area contributed by atoms with E-state index in [1.807, 2.05) is 18.4 Å². The summed E-state index contributed by atoms with van der Waals surface area (Å²) in [7, 11) is 6.22. The van der Waals surface area contributed by atoms with Crippen LogP contribution in [0.25, 0.3) is 0 Å². The summed E-state index contributed by atoms with van der Waals surface area (Å²) < 4.78 is 0. The molecule has 2 fully saturated rings. The van der Waals surface area contributed by atoms with Crippen LogP contribution in [-0.2, 0) is 0 Å². The molecular weight excluding hydrogens is 431 g/mol. The van der Waals surface area contributed by atoms with E-state index in [0.717, 1.165) is 24.3 Å².